The molecule has 0 aromatic rings. The maximum atomic E-state index is 11.1. The van der Waals surface area contributed by atoms with Crippen LogP contribution in [-0.2, 0) is 0 Å². The van der Waals surface area contributed by atoms with E-state index in [1.165, 1.54) is 24.8 Å². The minimum atomic E-state index is -0.177. The maximum Gasteiger partial charge on any atom is 0.0584 e. The van der Waals surface area contributed by atoms with Crippen LogP contribution in [0.25, 0.3) is 0 Å². The number of allylic oxidation sites excluding steroid dienone is 1. The normalized spacial score (nSPS) is 57.9. The van der Waals surface area contributed by atoms with Crippen molar-refractivity contribution in [3.8, 4) is 0 Å². The van der Waals surface area contributed by atoms with Gasteiger partial charge in [-0.1, -0.05) is 26.0 Å². The molecule has 8 atom stereocenters. The van der Waals surface area contributed by atoms with Gasteiger partial charge >= 0.3 is 0 Å². The molecule has 0 spiro atoms. The van der Waals surface area contributed by atoms with Crippen molar-refractivity contribution in [3.63, 3.8) is 0 Å². The monoisotopic (exact) mass is 304 g/mol. The number of aliphatic hydroxyl groups excluding tert-OH is 2. The van der Waals surface area contributed by atoms with Gasteiger partial charge in [-0.05, 0) is 85.9 Å². The van der Waals surface area contributed by atoms with E-state index in [0.29, 0.717) is 17.8 Å². The summed E-state index contributed by atoms with van der Waals surface area (Å²) in [4.78, 5) is 0. The third-order valence-corrected chi connectivity index (χ3v) is 8.52. The first kappa shape index (κ1) is 15.2. The topological polar surface area (TPSA) is 40.5 Å². The number of aliphatic hydroxyl groups is 2. The summed E-state index contributed by atoms with van der Waals surface area (Å²) in [6.45, 7) is 9.14. The van der Waals surface area contributed by atoms with Gasteiger partial charge in [0.05, 0.1) is 12.2 Å². The van der Waals surface area contributed by atoms with Gasteiger partial charge in [-0.15, -0.1) is 0 Å². The molecular weight excluding hydrogens is 272 g/mol. The third kappa shape index (κ3) is 1.86. The number of hydrogen-bond donors (Lipinski definition) is 2. The second-order valence-corrected chi connectivity index (χ2v) is 9.34. The zero-order valence-electron chi connectivity index (χ0n) is 14.2. The quantitative estimate of drug-likeness (QED) is 0.666. The Morgan fingerprint density at radius 1 is 1.09 bits per heavy atom. The van der Waals surface area contributed by atoms with E-state index in [2.05, 4.69) is 20.4 Å². The van der Waals surface area contributed by atoms with E-state index in [-0.39, 0.29) is 23.0 Å². The van der Waals surface area contributed by atoms with Gasteiger partial charge in [0.25, 0.3) is 0 Å². The lowest BCUT2D eigenvalue weighted by Gasteiger charge is -2.61. The first-order chi connectivity index (χ1) is 10.4. The van der Waals surface area contributed by atoms with Crippen LogP contribution in [0.4, 0.5) is 0 Å². The molecule has 2 heteroatoms. The highest BCUT2D eigenvalue weighted by molar-refractivity contribution is 5.22. The molecule has 4 saturated carbocycles. The molecule has 0 aromatic carbocycles. The molecule has 4 rings (SSSR count). The smallest absolute Gasteiger partial charge is 0.0584 e. The van der Waals surface area contributed by atoms with Crippen LogP contribution < -0.4 is 0 Å². The van der Waals surface area contributed by atoms with Crippen LogP contribution in [0.1, 0.15) is 65.2 Å². The van der Waals surface area contributed by atoms with E-state index >= 15 is 0 Å². The molecule has 124 valence electrons. The van der Waals surface area contributed by atoms with Crippen molar-refractivity contribution in [3.05, 3.63) is 12.2 Å². The van der Waals surface area contributed by atoms with Crippen LogP contribution in [-0.4, -0.2) is 22.4 Å². The van der Waals surface area contributed by atoms with Crippen LogP contribution >= 0.6 is 0 Å². The Bertz CT molecular complexity index is 486. The molecule has 0 saturated heterocycles. The molecule has 22 heavy (non-hydrogen) atoms. The zero-order valence-corrected chi connectivity index (χ0v) is 14.2. The fourth-order valence-electron chi connectivity index (χ4n) is 7.26. The van der Waals surface area contributed by atoms with Crippen LogP contribution in [0.5, 0.6) is 0 Å². The Labute approximate surface area is 135 Å². The number of hydrogen-bond acceptors (Lipinski definition) is 2. The van der Waals surface area contributed by atoms with Gasteiger partial charge in [0.2, 0.25) is 0 Å². The van der Waals surface area contributed by atoms with Gasteiger partial charge in [0, 0.05) is 0 Å². The Kier molecular flexibility index (Phi) is 3.34. The summed E-state index contributed by atoms with van der Waals surface area (Å²) in [6.07, 6.45) is 8.57. The van der Waals surface area contributed by atoms with Gasteiger partial charge in [0.15, 0.2) is 0 Å². The maximum absolute atomic E-state index is 11.1. The number of fused-ring (bicyclic) bond motifs is 5. The molecule has 2 N–H and O–H groups in total. The molecule has 0 aliphatic heterocycles. The van der Waals surface area contributed by atoms with Crippen LogP contribution in [0.3, 0.4) is 0 Å². The van der Waals surface area contributed by atoms with Crippen molar-refractivity contribution in [2.24, 2.45) is 34.5 Å². The summed E-state index contributed by atoms with van der Waals surface area (Å²) < 4.78 is 0. The van der Waals surface area contributed by atoms with E-state index < -0.39 is 0 Å². The Balaban J connectivity index is 1.69. The lowest BCUT2D eigenvalue weighted by molar-refractivity contribution is -0.167. The average molecular weight is 304 g/mol. The molecular formula is C20H32O2. The molecule has 4 aliphatic carbocycles. The molecule has 0 bridgehead atoms. The van der Waals surface area contributed by atoms with Gasteiger partial charge in [0.1, 0.15) is 0 Å². The molecule has 0 heterocycles. The molecule has 4 fully saturated rings. The van der Waals surface area contributed by atoms with E-state index in [4.69, 9.17) is 0 Å². The van der Waals surface area contributed by atoms with E-state index in [9.17, 15) is 10.2 Å². The third-order valence-electron chi connectivity index (χ3n) is 8.52. The highest BCUT2D eigenvalue weighted by Gasteiger charge is 2.61. The van der Waals surface area contributed by atoms with Crippen molar-refractivity contribution >= 4 is 0 Å². The molecule has 0 amide bonds. The van der Waals surface area contributed by atoms with Crippen molar-refractivity contribution in [2.75, 3.05) is 0 Å². The zero-order chi connectivity index (χ0) is 15.7. The second kappa shape index (κ2) is 4.83. The highest BCUT2D eigenvalue weighted by atomic mass is 16.3. The first-order valence-electron chi connectivity index (χ1n) is 9.40. The largest absolute Gasteiger partial charge is 0.393 e. The summed E-state index contributed by atoms with van der Waals surface area (Å²) in [5.41, 5.74) is 1.81. The predicted molar refractivity (Wildman–Crippen MR) is 88.3 cm³/mol. The highest BCUT2D eigenvalue weighted by Crippen LogP contribution is 2.67. The average Bonchev–Trinajstić information content (AvgIpc) is 2.75. The first-order valence-corrected chi connectivity index (χ1v) is 9.40. The Hall–Kier alpha value is -0.340. The SMILES string of the molecule is C=C1CC[C@H]2[C@@H]3CC[C@@H]4C[C@H](O)CC[C@]4(C)[C@H]3[C@@H](O)C[C@]12C. The minimum absolute atomic E-state index is 0.105. The summed E-state index contributed by atoms with van der Waals surface area (Å²) in [5, 5.41) is 21.2. The lowest BCUT2D eigenvalue weighted by Crippen LogP contribution is -2.58. The fourth-order valence-corrected chi connectivity index (χ4v) is 7.26. The molecule has 4 aliphatic rings. The van der Waals surface area contributed by atoms with Crippen molar-refractivity contribution < 1.29 is 10.2 Å². The molecule has 0 radical (unpaired) electrons. The summed E-state index contributed by atoms with van der Waals surface area (Å²) in [6, 6.07) is 0. The summed E-state index contributed by atoms with van der Waals surface area (Å²) in [7, 11) is 0. The van der Waals surface area contributed by atoms with Crippen LogP contribution in [0.2, 0.25) is 0 Å². The second-order valence-electron chi connectivity index (χ2n) is 9.34. The van der Waals surface area contributed by atoms with Crippen molar-refractivity contribution in [1.82, 2.24) is 0 Å². The van der Waals surface area contributed by atoms with Crippen LogP contribution in [0, 0.1) is 34.5 Å². The molecule has 0 aromatic heterocycles. The van der Waals surface area contributed by atoms with Crippen LogP contribution in [0.15, 0.2) is 12.2 Å². The van der Waals surface area contributed by atoms with E-state index in [1.807, 2.05) is 0 Å². The predicted octanol–water partition coefficient (Wildman–Crippen LogP) is 3.92. The number of rotatable bonds is 0. The Morgan fingerprint density at radius 2 is 1.86 bits per heavy atom. The van der Waals surface area contributed by atoms with Crippen molar-refractivity contribution in [2.45, 2.75) is 77.4 Å². The van der Waals surface area contributed by atoms with E-state index in [0.717, 1.165) is 38.0 Å². The van der Waals surface area contributed by atoms with E-state index in [1.54, 1.807) is 0 Å². The summed E-state index contributed by atoms with van der Waals surface area (Å²) >= 11 is 0. The fraction of sp³-hybridized carbons (Fsp3) is 0.900. The summed E-state index contributed by atoms with van der Waals surface area (Å²) in [5.74, 6) is 2.46. The van der Waals surface area contributed by atoms with Gasteiger partial charge < -0.3 is 10.2 Å². The van der Waals surface area contributed by atoms with Gasteiger partial charge in [-0.3, -0.25) is 0 Å². The minimum Gasteiger partial charge on any atom is -0.393 e. The molecule has 0 unspecified atom stereocenters. The standard InChI is InChI=1S/C20H32O2/c1-12-4-7-16-15-6-5-13-10-14(21)8-9-19(13,2)18(15)17(22)11-20(12,16)3/h13-18,21-22H,1,4-11H2,2-3H3/t13-,14-,15+,16+,17+,18-,19+,20-/m1/s1. The lowest BCUT2D eigenvalue weighted by atomic mass is 9.44. The Morgan fingerprint density at radius 3 is 2.64 bits per heavy atom. The van der Waals surface area contributed by atoms with Gasteiger partial charge in [-0.25, -0.2) is 0 Å². The van der Waals surface area contributed by atoms with Crippen molar-refractivity contribution in [1.29, 1.82) is 0 Å². The molecule has 2 nitrogen and oxygen atoms in total. The van der Waals surface area contributed by atoms with Gasteiger partial charge in [-0.2, -0.15) is 0 Å².